The highest BCUT2D eigenvalue weighted by molar-refractivity contribution is 7.99. The molecule has 0 saturated carbocycles. The largest absolute Gasteiger partial charge is 0.372 e. The monoisotopic (exact) mass is 496 g/mol. The first-order valence-corrected chi connectivity index (χ1v) is 14.1. The zero-order valence-corrected chi connectivity index (χ0v) is 21.8. The molecule has 4 aromatic rings. The van der Waals surface area contributed by atoms with E-state index in [0.29, 0.717) is 24.8 Å². The minimum absolute atomic E-state index is 0.0279. The number of aromatic nitrogens is 4. The normalized spacial score (nSPS) is 16.1. The SMILES string of the molecule is CCCCCCSc1nnc2n(Cc3ccccc3)c(=O)c3c4c(sc3n12)CO[C@H](C(C)C)C4. The van der Waals surface area contributed by atoms with E-state index in [4.69, 9.17) is 4.74 Å². The average Bonchev–Trinajstić information content (AvgIpc) is 3.43. The molecule has 0 spiro atoms. The lowest BCUT2D eigenvalue weighted by atomic mass is 9.96. The first kappa shape index (κ1) is 23.6. The summed E-state index contributed by atoms with van der Waals surface area (Å²) < 4.78 is 10.1. The molecule has 0 N–H and O–H groups in total. The Labute approximate surface area is 208 Å². The van der Waals surface area contributed by atoms with Crippen LogP contribution in [0.25, 0.3) is 16.0 Å². The Balaban J connectivity index is 1.65. The molecule has 5 rings (SSSR count). The van der Waals surface area contributed by atoms with E-state index in [2.05, 4.69) is 47.5 Å². The number of thioether (sulfide) groups is 1. The third-order valence-electron chi connectivity index (χ3n) is 6.58. The van der Waals surface area contributed by atoms with Crippen LogP contribution in [0.2, 0.25) is 0 Å². The van der Waals surface area contributed by atoms with Crippen LogP contribution in [0.5, 0.6) is 0 Å². The van der Waals surface area contributed by atoms with Crippen LogP contribution in [-0.2, 0) is 24.3 Å². The summed E-state index contributed by atoms with van der Waals surface area (Å²) in [5.41, 5.74) is 2.27. The van der Waals surface area contributed by atoms with Crippen LogP contribution < -0.4 is 5.56 Å². The van der Waals surface area contributed by atoms with Gasteiger partial charge in [0, 0.05) is 17.1 Å². The molecule has 0 fully saturated rings. The van der Waals surface area contributed by atoms with Crippen molar-refractivity contribution in [3.63, 3.8) is 0 Å². The van der Waals surface area contributed by atoms with E-state index in [1.54, 1.807) is 27.7 Å². The van der Waals surface area contributed by atoms with Gasteiger partial charge in [-0.05, 0) is 23.5 Å². The van der Waals surface area contributed by atoms with Gasteiger partial charge < -0.3 is 4.74 Å². The molecule has 0 saturated heterocycles. The van der Waals surface area contributed by atoms with Gasteiger partial charge in [-0.1, -0.05) is 82.1 Å². The summed E-state index contributed by atoms with van der Waals surface area (Å²) in [7, 11) is 0. The fourth-order valence-electron chi connectivity index (χ4n) is 4.61. The lowest BCUT2D eigenvalue weighted by molar-refractivity contribution is 0.00200. The second-order valence-corrected chi connectivity index (χ2v) is 11.5. The first-order valence-electron chi connectivity index (χ1n) is 12.3. The molecule has 0 radical (unpaired) electrons. The summed E-state index contributed by atoms with van der Waals surface area (Å²) in [4.78, 5) is 16.1. The number of fused-ring (bicyclic) bond motifs is 5. The van der Waals surface area contributed by atoms with E-state index in [9.17, 15) is 4.79 Å². The first-order chi connectivity index (χ1) is 16.6. The molecular formula is C26H32N4O2S2. The van der Waals surface area contributed by atoms with Gasteiger partial charge in [-0.25, -0.2) is 4.40 Å². The fourth-order valence-corrected chi connectivity index (χ4v) is 6.84. The van der Waals surface area contributed by atoms with E-state index >= 15 is 0 Å². The van der Waals surface area contributed by atoms with E-state index < -0.39 is 0 Å². The van der Waals surface area contributed by atoms with Gasteiger partial charge in [0.25, 0.3) is 5.56 Å². The van der Waals surface area contributed by atoms with Crippen molar-refractivity contribution in [2.75, 3.05) is 5.75 Å². The molecule has 1 aliphatic rings. The fraction of sp³-hybridized carbons (Fsp3) is 0.500. The van der Waals surface area contributed by atoms with Gasteiger partial charge in [-0.15, -0.1) is 21.5 Å². The van der Waals surface area contributed by atoms with Gasteiger partial charge >= 0.3 is 0 Å². The van der Waals surface area contributed by atoms with Gasteiger partial charge in [-0.3, -0.25) is 9.36 Å². The van der Waals surface area contributed by atoms with Crippen LogP contribution in [-0.4, -0.2) is 31.0 Å². The second kappa shape index (κ2) is 10.2. The highest BCUT2D eigenvalue weighted by Crippen LogP contribution is 2.37. The molecule has 180 valence electrons. The number of hydrogen-bond acceptors (Lipinski definition) is 6. The van der Waals surface area contributed by atoms with Crippen molar-refractivity contribution in [1.29, 1.82) is 0 Å². The lowest BCUT2D eigenvalue weighted by Crippen LogP contribution is -2.28. The lowest BCUT2D eigenvalue weighted by Gasteiger charge is -2.26. The Morgan fingerprint density at radius 1 is 1.18 bits per heavy atom. The average molecular weight is 497 g/mol. The van der Waals surface area contributed by atoms with Gasteiger partial charge in [-0.2, -0.15) is 0 Å². The highest BCUT2D eigenvalue weighted by Gasteiger charge is 2.29. The van der Waals surface area contributed by atoms with Crippen molar-refractivity contribution in [2.24, 2.45) is 5.92 Å². The topological polar surface area (TPSA) is 61.4 Å². The van der Waals surface area contributed by atoms with Gasteiger partial charge in [0.2, 0.25) is 5.78 Å². The van der Waals surface area contributed by atoms with Crippen molar-refractivity contribution >= 4 is 39.1 Å². The predicted molar refractivity (Wildman–Crippen MR) is 140 cm³/mol. The van der Waals surface area contributed by atoms with Crippen LogP contribution in [0, 0.1) is 5.92 Å². The van der Waals surface area contributed by atoms with Crippen LogP contribution in [0.15, 0.2) is 40.3 Å². The van der Waals surface area contributed by atoms with Gasteiger partial charge in [0.15, 0.2) is 5.16 Å². The summed E-state index contributed by atoms with van der Waals surface area (Å²) in [6.45, 7) is 7.65. The number of ether oxygens (including phenoxy) is 1. The Hall–Kier alpha value is -2.16. The van der Waals surface area contributed by atoms with Crippen molar-refractivity contribution in [2.45, 2.75) is 77.3 Å². The summed E-state index contributed by atoms with van der Waals surface area (Å²) in [5, 5.41) is 10.8. The van der Waals surface area contributed by atoms with E-state index in [-0.39, 0.29) is 11.7 Å². The smallest absolute Gasteiger partial charge is 0.264 e. The van der Waals surface area contributed by atoms with Crippen LogP contribution >= 0.6 is 23.1 Å². The maximum Gasteiger partial charge on any atom is 0.264 e. The van der Waals surface area contributed by atoms with Crippen molar-refractivity contribution in [3.05, 3.63) is 56.7 Å². The molecule has 4 heterocycles. The number of hydrogen-bond donors (Lipinski definition) is 0. The molecule has 0 bridgehead atoms. The molecule has 0 unspecified atom stereocenters. The zero-order chi connectivity index (χ0) is 23.7. The van der Waals surface area contributed by atoms with Crippen LogP contribution in [0.3, 0.4) is 0 Å². The molecular weight excluding hydrogens is 464 g/mol. The number of benzene rings is 1. The zero-order valence-electron chi connectivity index (χ0n) is 20.1. The minimum atomic E-state index is 0.0279. The summed E-state index contributed by atoms with van der Waals surface area (Å²) in [6.07, 6.45) is 5.79. The number of unbranched alkanes of at least 4 members (excludes halogenated alkanes) is 3. The molecule has 3 aromatic heterocycles. The maximum atomic E-state index is 13.9. The Kier molecular flexibility index (Phi) is 7.09. The Morgan fingerprint density at radius 3 is 2.76 bits per heavy atom. The molecule has 0 amide bonds. The third-order valence-corrected chi connectivity index (χ3v) is 8.79. The van der Waals surface area contributed by atoms with Crippen molar-refractivity contribution in [1.82, 2.24) is 19.2 Å². The number of thiophene rings is 1. The van der Waals surface area contributed by atoms with E-state index in [1.165, 1.54) is 19.3 Å². The van der Waals surface area contributed by atoms with E-state index in [1.807, 2.05) is 18.2 Å². The molecule has 6 nitrogen and oxygen atoms in total. The van der Waals surface area contributed by atoms with Gasteiger partial charge in [0.1, 0.15) is 4.83 Å². The maximum absolute atomic E-state index is 13.9. The molecule has 1 atom stereocenters. The summed E-state index contributed by atoms with van der Waals surface area (Å²) in [5.74, 6) is 2.03. The van der Waals surface area contributed by atoms with E-state index in [0.717, 1.165) is 50.0 Å². The molecule has 1 aromatic carbocycles. The second-order valence-electron chi connectivity index (χ2n) is 9.39. The summed E-state index contributed by atoms with van der Waals surface area (Å²) >= 11 is 3.41. The van der Waals surface area contributed by atoms with Crippen LogP contribution in [0.4, 0.5) is 0 Å². The van der Waals surface area contributed by atoms with Crippen LogP contribution in [0.1, 0.15) is 62.5 Å². The predicted octanol–water partition coefficient (Wildman–Crippen LogP) is 5.92. The molecule has 0 aliphatic carbocycles. The standard InChI is InChI=1S/C26H32N4O2S2/c1-4-5-6-10-13-33-26-28-27-25-29(15-18-11-8-7-9-12-18)23(31)22-19-14-20(17(2)3)32-16-21(19)34-24(22)30(25)26/h7-9,11-12,17,20H,4-6,10,13-16H2,1-3H3/t20-/m0/s1. The summed E-state index contributed by atoms with van der Waals surface area (Å²) in [6, 6.07) is 10.1. The third kappa shape index (κ3) is 4.43. The minimum Gasteiger partial charge on any atom is -0.372 e. The number of rotatable bonds is 9. The number of nitrogens with zero attached hydrogens (tertiary/aromatic N) is 4. The quantitative estimate of drug-likeness (QED) is 0.212. The Morgan fingerprint density at radius 2 is 2.00 bits per heavy atom. The molecule has 34 heavy (non-hydrogen) atoms. The van der Waals surface area contributed by atoms with Gasteiger partial charge in [0.05, 0.1) is 24.6 Å². The molecule has 1 aliphatic heterocycles. The molecule has 8 heteroatoms. The Bertz CT molecular complexity index is 1340. The van der Waals surface area contributed by atoms with Crippen molar-refractivity contribution < 1.29 is 4.74 Å². The highest BCUT2D eigenvalue weighted by atomic mass is 32.2. The van der Waals surface area contributed by atoms with Crippen molar-refractivity contribution in [3.8, 4) is 0 Å².